The van der Waals surface area contributed by atoms with Crippen molar-refractivity contribution in [3.05, 3.63) is 23.8 Å². The first kappa shape index (κ1) is 23.8. The van der Waals surface area contributed by atoms with Gasteiger partial charge in [-0.1, -0.05) is 27.7 Å². The maximum absolute atomic E-state index is 12.9. The summed E-state index contributed by atoms with van der Waals surface area (Å²) >= 11 is 0. The van der Waals surface area contributed by atoms with Crippen molar-refractivity contribution in [2.24, 2.45) is 5.41 Å². The van der Waals surface area contributed by atoms with Crippen LogP contribution in [0.5, 0.6) is 0 Å². The van der Waals surface area contributed by atoms with Crippen molar-refractivity contribution < 1.29 is 9.59 Å². The maximum Gasteiger partial charge on any atom is 0.319 e. The van der Waals surface area contributed by atoms with E-state index in [1.54, 1.807) is 0 Å². The van der Waals surface area contributed by atoms with Crippen LogP contribution in [0.25, 0.3) is 0 Å². The third-order valence-corrected chi connectivity index (χ3v) is 4.09. The van der Waals surface area contributed by atoms with Crippen LogP contribution in [0.1, 0.15) is 60.5 Å². The Hall–Kier alpha value is -2.24. The van der Waals surface area contributed by atoms with Crippen LogP contribution in [0, 0.1) is 5.41 Å². The van der Waals surface area contributed by atoms with Gasteiger partial charge in [0, 0.05) is 49.5 Å². The average Bonchev–Trinajstić information content (AvgIpc) is 2.50. The van der Waals surface area contributed by atoms with E-state index in [0.717, 1.165) is 17.7 Å². The summed E-state index contributed by atoms with van der Waals surface area (Å²) in [6.45, 7) is 14.9. The lowest BCUT2D eigenvalue weighted by atomic mass is 9.94. The van der Waals surface area contributed by atoms with Crippen LogP contribution >= 0.6 is 0 Å². The van der Waals surface area contributed by atoms with Gasteiger partial charge in [0.1, 0.15) is 0 Å². The number of benzene rings is 1. The van der Waals surface area contributed by atoms with Gasteiger partial charge < -0.3 is 20.4 Å². The van der Waals surface area contributed by atoms with Crippen molar-refractivity contribution in [1.82, 2.24) is 10.2 Å². The molecule has 2 N–H and O–H groups in total. The number of hydrogen-bond donors (Lipinski definition) is 2. The fourth-order valence-electron chi connectivity index (χ4n) is 2.93. The van der Waals surface area contributed by atoms with Gasteiger partial charge in [-0.25, -0.2) is 4.79 Å². The fourth-order valence-corrected chi connectivity index (χ4v) is 2.93. The molecule has 0 atom stereocenters. The molecule has 0 aliphatic rings. The summed E-state index contributed by atoms with van der Waals surface area (Å²) in [7, 11) is 3.96. The Morgan fingerprint density at radius 2 is 1.64 bits per heavy atom. The van der Waals surface area contributed by atoms with Crippen molar-refractivity contribution >= 4 is 23.3 Å². The molecule has 6 heteroatoms. The van der Waals surface area contributed by atoms with E-state index in [1.165, 1.54) is 0 Å². The predicted molar refractivity (Wildman–Crippen MR) is 118 cm³/mol. The number of amides is 3. The Labute approximate surface area is 170 Å². The van der Waals surface area contributed by atoms with Gasteiger partial charge in [0.05, 0.1) is 0 Å². The zero-order valence-electron chi connectivity index (χ0n) is 19.1. The molecule has 1 aromatic rings. The molecular weight excluding hydrogens is 352 g/mol. The highest BCUT2D eigenvalue weighted by atomic mass is 16.2. The lowest BCUT2D eigenvalue weighted by Crippen LogP contribution is -2.43. The molecule has 28 heavy (non-hydrogen) atoms. The van der Waals surface area contributed by atoms with E-state index in [9.17, 15) is 9.59 Å². The number of nitrogens with one attached hydrogen (secondary N) is 2. The molecule has 0 fully saturated rings. The molecule has 0 saturated carbocycles. The summed E-state index contributed by atoms with van der Waals surface area (Å²) < 4.78 is 0. The van der Waals surface area contributed by atoms with Crippen LogP contribution in [-0.2, 0) is 11.3 Å². The standard InChI is InChI=1S/C22H38N4O2/c1-10-13-26(19(27)21(2,3)4)15-16-14-17(11-12-18(16)25(8)9)23-20(28)24-22(5,6)7/h11-12,14H,10,13,15H2,1-9H3,(H2,23,24,28). The topological polar surface area (TPSA) is 64.7 Å². The molecule has 0 spiro atoms. The van der Waals surface area contributed by atoms with Crippen LogP contribution in [-0.4, -0.2) is 43.0 Å². The lowest BCUT2D eigenvalue weighted by molar-refractivity contribution is -0.140. The molecule has 0 radical (unpaired) electrons. The van der Waals surface area contributed by atoms with Crippen LogP contribution < -0.4 is 15.5 Å². The average molecular weight is 391 g/mol. The van der Waals surface area contributed by atoms with Crippen LogP contribution in [0.4, 0.5) is 16.2 Å². The minimum absolute atomic E-state index is 0.128. The molecule has 158 valence electrons. The van der Waals surface area contributed by atoms with Crippen molar-refractivity contribution in [2.45, 2.75) is 67.0 Å². The van der Waals surface area contributed by atoms with Crippen LogP contribution in [0.15, 0.2) is 18.2 Å². The maximum atomic E-state index is 12.9. The molecule has 0 heterocycles. The van der Waals surface area contributed by atoms with Gasteiger partial charge in [-0.15, -0.1) is 0 Å². The lowest BCUT2D eigenvalue weighted by Gasteiger charge is -2.31. The monoisotopic (exact) mass is 390 g/mol. The largest absolute Gasteiger partial charge is 0.377 e. The number of hydrogen-bond acceptors (Lipinski definition) is 3. The highest BCUT2D eigenvalue weighted by Gasteiger charge is 2.27. The Kier molecular flexibility index (Phi) is 7.91. The number of anilines is 2. The minimum Gasteiger partial charge on any atom is -0.377 e. The van der Waals surface area contributed by atoms with E-state index in [-0.39, 0.29) is 17.5 Å². The van der Waals surface area contributed by atoms with Crippen molar-refractivity contribution in [3.8, 4) is 0 Å². The summed E-state index contributed by atoms with van der Waals surface area (Å²) in [5.41, 5.74) is 2.00. The summed E-state index contributed by atoms with van der Waals surface area (Å²) in [5.74, 6) is 0.128. The molecule has 0 aliphatic carbocycles. The van der Waals surface area contributed by atoms with Gasteiger partial charge in [-0.2, -0.15) is 0 Å². The quantitative estimate of drug-likeness (QED) is 0.754. The number of carbonyl (C=O) groups excluding carboxylic acids is 2. The zero-order valence-corrected chi connectivity index (χ0v) is 19.1. The smallest absolute Gasteiger partial charge is 0.319 e. The molecule has 0 unspecified atom stereocenters. The first-order valence-electron chi connectivity index (χ1n) is 9.93. The molecule has 1 aromatic carbocycles. The zero-order chi connectivity index (χ0) is 21.7. The van der Waals surface area contributed by atoms with E-state index in [2.05, 4.69) is 17.6 Å². The van der Waals surface area contributed by atoms with E-state index in [0.29, 0.717) is 18.8 Å². The third kappa shape index (κ3) is 7.41. The molecule has 6 nitrogen and oxygen atoms in total. The number of nitrogens with zero attached hydrogens (tertiary/aromatic N) is 2. The first-order chi connectivity index (χ1) is 12.7. The number of carbonyl (C=O) groups is 2. The van der Waals surface area contributed by atoms with Crippen LogP contribution in [0.2, 0.25) is 0 Å². The first-order valence-corrected chi connectivity index (χ1v) is 9.93. The van der Waals surface area contributed by atoms with E-state index >= 15 is 0 Å². The Morgan fingerprint density at radius 1 is 1.04 bits per heavy atom. The minimum atomic E-state index is -0.435. The predicted octanol–water partition coefficient (Wildman–Crippen LogP) is 4.46. The van der Waals surface area contributed by atoms with Crippen LogP contribution in [0.3, 0.4) is 0 Å². The number of urea groups is 1. The molecule has 3 amide bonds. The highest BCUT2D eigenvalue weighted by Crippen LogP contribution is 2.27. The fraction of sp³-hybridized carbons (Fsp3) is 0.636. The second kappa shape index (κ2) is 9.30. The van der Waals surface area contributed by atoms with Crippen molar-refractivity contribution in [1.29, 1.82) is 0 Å². The normalized spacial score (nSPS) is 11.8. The van der Waals surface area contributed by atoms with Gasteiger partial charge in [0.2, 0.25) is 5.91 Å². The molecule has 0 bridgehead atoms. The Bertz CT molecular complexity index is 685. The number of rotatable bonds is 6. The Balaban J connectivity index is 3.16. The highest BCUT2D eigenvalue weighted by molar-refractivity contribution is 5.90. The van der Waals surface area contributed by atoms with E-state index < -0.39 is 5.41 Å². The SMILES string of the molecule is CCCN(Cc1cc(NC(=O)NC(C)(C)C)ccc1N(C)C)C(=O)C(C)(C)C. The van der Waals surface area contributed by atoms with Crippen molar-refractivity contribution in [2.75, 3.05) is 30.9 Å². The van der Waals surface area contributed by atoms with Gasteiger partial charge in [-0.3, -0.25) is 4.79 Å². The van der Waals surface area contributed by atoms with Gasteiger partial charge >= 0.3 is 6.03 Å². The van der Waals surface area contributed by atoms with E-state index in [4.69, 9.17) is 0 Å². The second-order valence-electron chi connectivity index (χ2n) is 9.54. The van der Waals surface area contributed by atoms with E-state index in [1.807, 2.05) is 83.6 Å². The van der Waals surface area contributed by atoms with Gasteiger partial charge in [0.25, 0.3) is 0 Å². The summed E-state index contributed by atoms with van der Waals surface area (Å²) in [5, 5.41) is 5.80. The van der Waals surface area contributed by atoms with Gasteiger partial charge in [-0.05, 0) is 51.0 Å². The van der Waals surface area contributed by atoms with Gasteiger partial charge in [0.15, 0.2) is 0 Å². The summed E-state index contributed by atoms with van der Waals surface area (Å²) in [6.07, 6.45) is 0.894. The molecule has 0 aromatic heterocycles. The summed E-state index contributed by atoms with van der Waals surface area (Å²) in [6, 6.07) is 5.58. The molecular formula is C22H38N4O2. The Morgan fingerprint density at radius 3 is 2.11 bits per heavy atom. The molecule has 0 saturated heterocycles. The second-order valence-corrected chi connectivity index (χ2v) is 9.54. The molecule has 1 rings (SSSR count). The summed E-state index contributed by atoms with van der Waals surface area (Å²) in [4.78, 5) is 29.0. The molecule has 0 aliphatic heterocycles. The third-order valence-electron chi connectivity index (χ3n) is 4.09. The van der Waals surface area contributed by atoms with Crippen molar-refractivity contribution in [3.63, 3.8) is 0 Å².